The van der Waals surface area contributed by atoms with Gasteiger partial charge < -0.3 is 111 Å². The molecule has 0 unspecified atom stereocenters. The molecule has 594 valence electrons. The third kappa shape index (κ3) is 30.0. The van der Waals surface area contributed by atoms with Crippen LogP contribution >= 0.6 is 0 Å². The molecule has 0 aliphatic carbocycles. The number of nitrogens with two attached hydrogens (primary N) is 2. The number of ether oxygens (including phenoxy) is 1. The monoisotopic (exact) mass is 1510 g/mol. The molecule has 3 aromatic rings. The number of hydrogen-bond donors (Lipinski definition) is 20. The van der Waals surface area contributed by atoms with Crippen molar-refractivity contribution in [3.8, 4) is 17.2 Å². The highest BCUT2D eigenvalue weighted by Crippen LogP contribution is 2.19. The van der Waals surface area contributed by atoms with Crippen LogP contribution in [0.4, 0.5) is 0 Å². The van der Waals surface area contributed by atoms with E-state index in [0.29, 0.717) is 48.9 Å². The van der Waals surface area contributed by atoms with Gasteiger partial charge in [0.05, 0.1) is 18.8 Å². The number of unbranched alkanes of at least 4 members (excludes halogenated alkanes) is 2. The molecule has 2 saturated heterocycles. The first kappa shape index (κ1) is 88.1. The average molecular weight is 1520 g/mol. The fraction of sp³-hybridized carbons (Fsp3) is 0.562. The van der Waals surface area contributed by atoms with Crippen LogP contribution in [0.15, 0.2) is 72.8 Å². The number of aliphatic hydroxyl groups excluding tert-OH is 2. The van der Waals surface area contributed by atoms with E-state index in [9.17, 15) is 97.8 Å². The van der Waals surface area contributed by atoms with Crippen LogP contribution in [0.5, 0.6) is 17.2 Å². The summed E-state index contributed by atoms with van der Waals surface area (Å²) in [7, 11) is 0. The van der Waals surface area contributed by atoms with Gasteiger partial charge in [-0.1, -0.05) is 56.7 Å². The fourth-order valence-electron chi connectivity index (χ4n) is 11.9. The Bertz CT molecular complexity index is 3530. The maximum absolute atomic E-state index is 14.8. The molecule has 12 amide bonds. The summed E-state index contributed by atoms with van der Waals surface area (Å²) in [6, 6.07) is -1.75. The first-order valence-electron chi connectivity index (χ1n) is 36.5. The van der Waals surface area contributed by atoms with E-state index in [2.05, 4.69) is 63.8 Å². The standard InChI is InChI=1S/C73H106N14O21/c1-5-40(2)60-73(107)108-36-11-8-15-50(80-69(103)55(37-43-17-23-46(90)24-18-43)83-67(101)53(29-31-58(75)93)82-63(97)49-16-12-34-76-49)64(98)77-41(3)62(96)78-54(30-32-59(94)95)68(102)87-61(42(4)89)72(106)85-56(38-44-19-25-47(91)26-20-44)70(104)81-51(13-6-9-33-74)65(99)79-52(14-7-10-35-88)66(100)84-57(71(105)86-60)39-45-21-27-48(92)28-22-45/h17-28,40-42,49-57,60-61,76,88-92H,5-16,29-39,74H2,1-4H3,(H2,75,93)(H,77,98)(H,78,96)(H,79,99)(H,80,103)(H,81,104)(H,82,97)(H,83,101)(H,84,100)(H,85,106)(H,86,105)(H,87,102)(H,94,95)/t40-,41+,42+,49+,50+,51+,52+,53-,54-,55+,56+,57-,60+,61+/m1/s1. The number of carboxylic acids is 1. The molecule has 2 aliphatic rings. The van der Waals surface area contributed by atoms with Crippen LogP contribution < -0.4 is 75.3 Å². The minimum Gasteiger partial charge on any atom is -0.508 e. The number of phenolic OH excluding ortho intramolecular Hbond substituents is 3. The number of aliphatic carboxylic acids is 1. The van der Waals surface area contributed by atoms with E-state index in [0.717, 1.165) is 6.92 Å². The third-order valence-electron chi connectivity index (χ3n) is 18.5. The van der Waals surface area contributed by atoms with Gasteiger partial charge in [0.2, 0.25) is 70.9 Å². The van der Waals surface area contributed by atoms with Crippen molar-refractivity contribution in [3.63, 3.8) is 0 Å². The molecule has 0 radical (unpaired) electrons. The van der Waals surface area contributed by atoms with E-state index in [1.165, 1.54) is 79.7 Å². The summed E-state index contributed by atoms with van der Waals surface area (Å²) in [6.07, 6.45) is -3.23. The third-order valence-corrected chi connectivity index (χ3v) is 18.5. The lowest BCUT2D eigenvalue weighted by molar-refractivity contribution is -0.150. The first-order chi connectivity index (χ1) is 51.4. The Hall–Kier alpha value is -10.5. The lowest BCUT2D eigenvalue weighted by Gasteiger charge is -2.29. The Morgan fingerprint density at radius 2 is 1.06 bits per heavy atom. The Kier molecular flexibility index (Phi) is 36.9. The zero-order valence-corrected chi connectivity index (χ0v) is 61.2. The molecule has 0 spiro atoms. The topological polar surface area (TPSA) is 566 Å². The van der Waals surface area contributed by atoms with Crippen LogP contribution in [0.2, 0.25) is 0 Å². The van der Waals surface area contributed by atoms with Crippen LogP contribution in [0, 0.1) is 5.92 Å². The summed E-state index contributed by atoms with van der Waals surface area (Å²) in [5.41, 5.74) is 12.4. The van der Waals surface area contributed by atoms with Crippen LogP contribution in [-0.2, 0) is 91.1 Å². The van der Waals surface area contributed by atoms with Gasteiger partial charge in [0.1, 0.15) is 83.7 Å². The molecule has 3 aromatic carbocycles. The second-order valence-corrected chi connectivity index (χ2v) is 27.2. The van der Waals surface area contributed by atoms with Crippen molar-refractivity contribution in [3.05, 3.63) is 89.5 Å². The predicted molar refractivity (Wildman–Crippen MR) is 388 cm³/mol. The van der Waals surface area contributed by atoms with E-state index < -0.39 is 180 Å². The normalized spacial score (nSPS) is 23.4. The van der Waals surface area contributed by atoms with Gasteiger partial charge in [0.15, 0.2) is 0 Å². The number of aromatic hydroxyl groups is 3. The van der Waals surface area contributed by atoms with Crippen molar-refractivity contribution in [2.24, 2.45) is 17.4 Å². The largest absolute Gasteiger partial charge is 0.508 e. The summed E-state index contributed by atoms with van der Waals surface area (Å²) in [5, 5.41) is 92.5. The average Bonchev–Trinajstić information content (AvgIpc) is 1.17. The minimum atomic E-state index is -1.98. The van der Waals surface area contributed by atoms with Gasteiger partial charge in [0.25, 0.3) is 0 Å². The lowest BCUT2D eigenvalue weighted by Crippen LogP contribution is -2.62. The molecule has 0 saturated carbocycles. The molecule has 2 fully saturated rings. The van der Waals surface area contributed by atoms with E-state index in [1.807, 2.05) is 0 Å². The molecular formula is C73H106N14O21. The maximum Gasteiger partial charge on any atom is 0.328 e. The van der Waals surface area contributed by atoms with E-state index in [4.69, 9.17) is 16.2 Å². The van der Waals surface area contributed by atoms with Gasteiger partial charge in [-0.15, -0.1) is 0 Å². The van der Waals surface area contributed by atoms with Crippen LogP contribution in [-0.4, -0.2) is 218 Å². The summed E-state index contributed by atoms with van der Waals surface area (Å²) < 4.78 is 5.76. The van der Waals surface area contributed by atoms with Gasteiger partial charge in [-0.3, -0.25) is 62.3 Å². The number of benzene rings is 3. The Morgan fingerprint density at radius 1 is 0.556 bits per heavy atom. The summed E-state index contributed by atoms with van der Waals surface area (Å²) in [6.45, 7) is 5.64. The van der Waals surface area contributed by atoms with Gasteiger partial charge in [-0.25, -0.2) is 4.79 Å². The number of cyclic esters (lactones) is 1. The Morgan fingerprint density at radius 3 is 1.57 bits per heavy atom. The number of primary amides is 1. The Balaban J connectivity index is 1.60. The zero-order valence-electron chi connectivity index (χ0n) is 61.2. The summed E-state index contributed by atoms with van der Waals surface area (Å²) in [4.78, 5) is 198. The zero-order chi connectivity index (χ0) is 79.6. The summed E-state index contributed by atoms with van der Waals surface area (Å²) >= 11 is 0. The van der Waals surface area contributed by atoms with Crippen molar-refractivity contribution in [1.82, 2.24) is 63.8 Å². The molecule has 35 nitrogen and oxygen atoms in total. The number of aliphatic hydroxyl groups is 2. The quantitative estimate of drug-likeness (QED) is 0.0253. The minimum absolute atomic E-state index is 0.0429. The number of carbonyl (C=O) groups is 14. The molecule has 2 heterocycles. The molecule has 0 aromatic heterocycles. The molecular weight excluding hydrogens is 1410 g/mol. The smallest absolute Gasteiger partial charge is 0.328 e. The number of phenols is 3. The molecule has 14 atom stereocenters. The maximum atomic E-state index is 14.8. The lowest BCUT2D eigenvalue weighted by atomic mass is 9.97. The molecule has 35 heteroatoms. The van der Waals surface area contributed by atoms with Crippen LogP contribution in [0.25, 0.3) is 0 Å². The molecule has 5 rings (SSSR count). The number of nitrogens with one attached hydrogen (secondary N) is 12. The van der Waals surface area contributed by atoms with Gasteiger partial charge in [-0.2, -0.15) is 0 Å². The van der Waals surface area contributed by atoms with E-state index in [-0.39, 0.29) is 120 Å². The number of rotatable bonds is 29. The van der Waals surface area contributed by atoms with E-state index >= 15 is 0 Å². The van der Waals surface area contributed by atoms with Gasteiger partial charge in [-0.05, 0) is 169 Å². The highest BCUT2D eigenvalue weighted by molar-refractivity contribution is 6.00. The second kappa shape index (κ2) is 45.2. The predicted octanol–water partition coefficient (Wildman–Crippen LogP) is -2.49. The van der Waals surface area contributed by atoms with Gasteiger partial charge >= 0.3 is 11.9 Å². The molecule has 108 heavy (non-hydrogen) atoms. The molecule has 22 N–H and O–H groups in total. The number of amides is 12. The highest BCUT2D eigenvalue weighted by Gasteiger charge is 2.39. The number of carboxylic acid groups (broad SMARTS) is 1. The fourth-order valence-corrected chi connectivity index (χ4v) is 11.9. The first-order valence-corrected chi connectivity index (χ1v) is 36.5. The van der Waals surface area contributed by atoms with Crippen molar-refractivity contribution in [2.45, 2.75) is 228 Å². The second-order valence-electron chi connectivity index (χ2n) is 27.2. The van der Waals surface area contributed by atoms with Crippen molar-refractivity contribution >= 4 is 82.8 Å². The number of carbonyl (C=O) groups excluding carboxylic acids is 13. The Labute approximate surface area is 625 Å². The number of hydrogen-bond acceptors (Lipinski definition) is 22. The molecule has 0 bridgehead atoms. The van der Waals surface area contributed by atoms with Crippen LogP contribution in [0.1, 0.15) is 147 Å². The molecule has 2 aliphatic heterocycles. The summed E-state index contributed by atoms with van der Waals surface area (Å²) in [5.74, 6) is -15.2. The van der Waals surface area contributed by atoms with Gasteiger partial charge in [0, 0.05) is 38.7 Å². The van der Waals surface area contributed by atoms with Crippen molar-refractivity contribution < 1.29 is 102 Å². The SMILES string of the molecule is CC[C@@H](C)[C@@H]1NC(=O)[C@@H](Cc2ccc(O)cc2)NC(=O)[C@H](CCCCO)NC(=O)[C@H](CCCCN)NC(=O)[C@H](Cc2ccc(O)cc2)NC(=O)[C@H]([C@H](C)O)NC(=O)[C@@H](CCC(=O)O)NC(=O)[C@H](C)NC(=O)[C@@H](NC(=O)[C@H](Cc2ccc(O)cc2)NC(=O)[C@@H](CCC(N)=O)NC(=O)[C@@H]2CCCN2)CCCCOC1=O. The highest BCUT2D eigenvalue weighted by atomic mass is 16.5. The van der Waals surface area contributed by atoms with Crippen molar-refractivity contribution in [2.75, 3.05) is 26.3 Å². The number of esters is 1. The van der Waals surface area contributed by atoms with E-state index in [1.54, 1.807) is 13.8 Å². The van der Waals surface area contributed by atoms with Crippen LogP contribution in [0.3, 0.4) is 0 Å². The van der Waals surface area contributed by atoms with Crippen molar-refractivity contribution in [1.29, 1.82) is 0 Å².